The van der Waals surface area contributed by atoms with Gasteiger partial charge in [0.2, 0.25) is 0 Å². The van der Waals surface area contributed by atoms with Crippen LogP contribution in [0.25, 0.3) is 5.57 Å². The predicted octanol–water partition coefficient (Wildman–Crippen LogP) is 6.58. The second-order valence-electron chi connectivity index (χ2n) is 7.40. The van der Waals surface area contributed by atoms with E-state index in [9.17, 15) is 0 Å². The minimum absolute atomic E-state index is 0. The molecule has 4 rings (SSSR count). The van der Waals surface area contributed by atoms with Crippen LogP contribution in [-0.2, 0) is 0 Å². The molecule has 8 heteroatoms. The fourth-order valence-electron chi connectivity index (χ4n) is 2.44. The molecule has 194 valence electrons. The van der Waals surface area contributed by atoms with Gasteiger partial charge in [0.05, 0.1) is 3.79 Å². The standard InChI is InChI=1S/C14H15BrS2.C5H5BrS.C5H5S.C4H9.CH4.2Li/c1-10-5-8-16-13(10)12(4-3-7-15)14-11(2)6-9-17-14;1-4-2-3-7-5(4)6;1-5-2-3-6-4-5;1-3-4-2;;;/h4-6,8-9H,3,7H2,1-2H3;2-3H,1H3;2-3H,1H3;1,3-4H2,2H3;1H4;;/q;;2*-1;;2*+1. The molecule has 0 fully saturated rings. The van der Waals surface area contributed by atoms with E-state index in [2.05, 4.69) is 112 Å². The number of alkyl halides is 1. The van der Waals surface area contributed by atoms with Gasteiger partial charge in [0.15, 0.2) is 0 Å². The maximum atomic E-state index is 3.60. The first-order valence-corrected chi connectivity index (χ1v) is 16.5. The van der Waals surface area contributed by atoms with Gasteiger partial charge in [-0.1, -0.05) is 49.7 Å². The Kier molecular flexibility index (Phi) is 29.2. The molecular formula is C29H38Br2Li2S4. The molecule has 4 heterocycles. The molecule has 0 aliphatic heterocycles. The molecule has 4 aromatic rings. The molecule has 4 aromatic heterocycles. The van der Waals surface area contributed by atoms with Crippen LogP contribution in [0.4, 0.5) is 0 Å². The zero-order valence-electron chi connectivity index (χ0n) is 22.6. The molecule has 0 aliphatic carbocycles. The monoisotopic (exact) mass is 686 g/mol. The molecule has 0 aromatic carbocycles. The number of aryl methyl sites for hydroxylation is 4. The van der Waals surface area contributed by atoms with E-state index in [0.29, 0.717) is 0 Å². The van der Waals surface area contributed by atoms with E-state index in [0.717, 1.165) is 18.2 Å². The summed E-state index contributed by atoms with van der Waals surface area (Å²) in [5.74, 6) is 0. The quantitative estimate of drug-likeness (QED) is 0.126. The summed E-state index contributed by atoms with van der Waals surface area (Å²) < 4.78 is 1.24. The second kappa shape index (κ2) is 25.6. The SMILES string of the molecule is C.Cc1[c-]scc1.Cc1ccsc1Br.Cc1ccsc1C(=CCCBr)c1sccc1C.[CH2-]CCC.[Li+].[Li+]. The molecule has 37 heavy (non-hydrogen) atoms. The fraction of sp³-hybridized carbons (Fsp3) is 0.345. The van der Waals surface area contributed by atoms with Crippen LogP contribution < -0.4 is 37.7 Å². The van der Waals surface area contributed by atoms with Crippen molar-refractivity contribution < 1.29 is 37.7 Å². The number of unbranched alkanes of at least 4 members (excludes halogenated alkanes) is 1. The number of rotatable bonds is 5. The van der Waals surface area contributed by atoms with E-state index in [1.807, 2.05) is 41.0 Å². The van der Waals surface area contributed by atoms with Gasteiger partial charge in [-0.25, -0.2) is 6.07 Å². The molecule has 0 saturated carbocycles. The molecule has 0 bridgehead atoms. The Balaban J connectivity index is -0.000000482. The minimum atomic E-state index is 0. The number of hydrogen-bond acceptors (Lipinski definition) is 4. The van der Waals surface area contributed by atoms with Crippen LogP contribution in [-0.4, -0.2) is 5.33 Å². The zero-order valence-corrected chi connectivity index (χ0v) is 29.1. The fourth-order valence-corrected chi connectivity index (χ4v) is 6.37. The average molecular weight is 689 g/mol. The van der Waals surface area contributed by atoms with Gasteiger partial charge < -0.3 is 18.3 Å². The summed E-state index contributed by atoms with van der Waals surface area (Å²) in [7, 11) is 0. The van der Waals surface area contributed by atoms with Crippen LogP contribution in [0.1, 0.15) is 65.6 Å². The van der Waals surface area contributed by atoms with Crippen LogP contribution in [0, 0.1) is 40.0 Å². The molecule has 0 amide bonds. The van der Waals surface area contributed by atoms with Gasteiger partial charge in [-0.15, -0.1) is 39.4 Å². The topological polar surface area (TPSA) is 0 Å². The predicted molar refractivity (Wildman–Crippen MR) is 175 cm³/mol. The minimum Gasteiger partial charge on any atom is -0.343 e. The Morgan fingerprint density at radius 3 is 1.57 bits per heavy atom. The summed E-state index contributed by atoms with van der Waals surface area (Å²) >= 11 is 13.9. The first kappa shape index (κ1) is 42.2. The first-order valence-electron chi connectivity index (χ1n) is 11.1. The number of halogens is 2. The Bertz CT molecular complexity index is 1000. The van der Waals surface area contributed by atoms with Crippen molar-refractivity contribution in [2.75, 3.05) is 5.33 Å². The molecule has 0 spiro atoms. The van der Waals surface area contributed by atoms with Crippen molar-refractivity contribution in [3.63, 3.8) is 0 Å². The van der Waals surface area contributed by atoms with Crippen molar-refractivity contribution in [1.82, 2.24) is 0 Å². The molecule has 0 saturated heterocycles. The third-order valence-corrected chi connectivity index (χ3v) is 9.69. The maximum Gasteiger partial charge on any atom is 1.00 e. The van der Waals surface area contributed by atoms with Gasteiger partial charge in [0, 0.05) is 20.7 Å². The molecule has 0 radical (unpaired) electrons. The maximum absolute atomic E-state index is 3.60. The number of allylic oxidation sites excluding steroid dienone is 1. The summed E-state index contributed by atoms with van der Waals surface area (Å²) in [6, 6.07) is 8.54. The molecule has 0 atom stereocenters. The number of hydrogen-bond donors (Lipinski definition) is 0. The zero-order chi connectivity index (χ0) is 25.3. The van der Waals surface area contributed by atoms with Gasteiger partial charge >= 0.3 is 37.7 Å². The van der Waals surface area contributed by atoms with E-state index < -0.39 is 0 Å². The van der Waals surface area contributed by atoms with Crippen LogP contribution in [0.15, 0.2) is 55.6 Å². The van der Waals surface area contributed by atoms with Crippen molar-refractivity contribution in [3.05, 3.63) is 100.0 Å². The number of thiophene rings is 4. The Morgan fingerprint density at radius 2 is 1.35 bits per heavy atom. The average Bonchev–Trinajstić information content (AvgIpc) is 3.63. The molecular weight excluding hydrogens is 650 g/mol. The van der Waals surface area contributed by atoms with Gasteiger partial charge in [-0.2, -0.15) is 17.4 Å². The van der Waals surface area contributed by atoms with Gasteiger partial charge in [0.1, 0.15) is 0 Å². The Hall–Kier alpha value is 0.695. The van der Waals surface area contributed by atoms with Crippen molar-refractivity contribution in [2.45, 2.75) is 61.3 Å². The summed E-state index contributed by atoms with van der Waals surface area (Å²) in [4.78, 5) is 2.83. The summed E-state index contributed by atoms with van der Waals surface area (Å²) in [6.45, 7) is 14.2. The van der Waals surface area contributed by atoms with Crippen molar-refractivity contribution in [2.24, 2.45) is 0 Å². The third kappa shape index (κ3) is 17.2. The largest absolute Gasteiger partial charge is 1.00 e. The van der Waals surface area contributed by atoms with Crippen LogP contribution in [0.5, 0.6) is 0 Å². The van der Waals surface area contributed by atoms with E-state index >= 15 is 0 Å². The molecule has 0 nitrogen and oxygen atoms in total. The van der Waals surface area contributed by atoms with E-state index in [1.54, 1.807) is 22.7 Å². The van der Waals surface area contributed by atoms with E-state index in [4.69, 9.17) is 0 Å². The van der Waals surface area contributed by atoms with Crippen molar-refractivity contribution in [1.29, 1.82) is 0 Å². The van der Waals surface area contributed by atoms with Crippen LogP contribution >= 0.6 is 77.2 Å². The summed E-state index contributed by atoms with van der Waals surface area (Å²) in [5, 5.41) is 12.5. The molecule has 0 unspecified atom stereocenters. The van der Waals surface area contributed by atoms with Crippen LogP contribution in [0.3, 0.4) is 0 Å². The van der Waals surface area contributed by atoms with Crippen LogP contribution in [0.2, 0.25) is 0 Å². The second-order valence-corrected chi connectivity index (χ2v) is 13.0. The smallest absolute Gasteiger partial charge is 0.343 e. The first-order chi connectivity index (χ1) is 16.3. The third-order valence-electron chi connectivity index (χ3n) is 4.43. The van der Waals surface area contributed by atoms with E-state index in [1.165, 1.54) is 47.8 Å². The summed E-state index contributed by atoms with van der Waals surface area (Å²) in [6.07, 6.45) is 5.70. The normalized spacial score (nSPS) is 8.86. The van der Waals surface area contributed by atoms with Gasteiger partial charge in [0.25, 0.3) is 0 Å². The Labute approximate surface area is 284 Å². The van der Waals surface area contributed by atoms with Crippen molar-refractivity contribution >= 4 is 82.8 Å². The van der Waals surface area contributed by atoms with Gasteiger partial charge in [-0.3, -0.25) is 0 Å². The van der Waals surface area contributed by atoms with Crippen molar-refractivity contribution in [3.8, 4) is 0 Å². The summed E-state index contributed by atoms with van der Waals surface area (Å²) in [5.41, 5.74) is 6.72. The van der Waals surface area contributed by atoms with E-state index in [-0.39, 0.29) is 45.1 Å². The molecule has 0 N–H and O–H groups in total. The molecule has 0 aliphatic rings. The Morgan fingerprint density at radius 1 is 0.865 bits per heavy atom. The van der Waals surface area contributed by atoms with Gasteiger partial charge in [-0.05, 0) is 94.2 Å².